The zero-order valence-electron chi connectivity index (χ0n) is 39.0. The van der Waals surface area contributed by atoms with Gasteiger partial charge >= 0.3 is 0 Å². The van der Waals surface area contributed by atoms with Crippen LogP contribution in [0.3, 0.4) is 0 Å². The highest BCUT2D eigenvalue weighted by molar-refractivity contribution is 7.13. The number of ether oxygens (including phenoxy) is 1. The Morgan fingerprint density at radius 2 is 1.66 bits per heavy atom. The van der Waals surface area contributed by atoms with Gasteiger partial charge in [-0.2, -0.15) is 5.26 Å². The van der Waals surface area contributed by atoms with Crippen molar-refractivity contribution in [3.63, 3.8) is 0 Å². The maximum Gasteiger partial charge on any atom is 0.251 e. The molecule has 1 aromatic heterocycles. The van der Waals surface area contributed by atoms with E-state index in [4.69, 9.17) is 16.3 Å². The first-order valence-corrected chi connectivity index (χ1v) is 23.7. The van der Waals surface area contributed by atoms with Crippen LogP contribution in [-0.4, -0.2) is 75.5 Å². The van der Waals surface area contributed by atoms with Crippen LogP contribution in [0.15, 0.2) is 72.2 Å². The number of aryl methyl sites for hydroxylation is 2. The Morgan fingerprint density at radius 1 is 0.985 bits per heavy atom. The molecule has 1 aliphatic carbocycles. The van der Waals surface area contributed by atoms with E-state index in [0.717, 1.165) is 46.5 Å². The van der Waals surface area contributed by atoms with Gasteiger partial charge in [-0.15, -0.1) is 11.3 Å². The van der Waals surface area contributed by atoms with Crippen molar-refractivity contribution in [3.05, 3.63) is 105 Å². The Bertz CT molecular complexity index is 2390. The second kappa shape index (κ2) is 20.1. The van der Waals surface area contributed by atoms with E-state index < -0.39 is 23.6 Å². The number of carbonyl (C=O) groups excluding carboxylic acids is 4. The van der Waals surface area contributed by atoms with Crippen LogP contribution in [0.2, 0.25) is 5.02 Å². The van der Waals surface area contributed by atoms with E-state index in [1.54, 1.807) is 29.5 Å². The highest BCUT2D eigenvalue weighted by Gasteiger charge is 2.64. The minimum absolute atomic E-state index is 0.00735. The maximum absolute atomic E-state index is 14.1. The largest absolute Gasteiger partial charge is 0.489 e. The van der Waals surface area contributed by atoms with Gasteiger partial charge < -0.3 is 30.7 Å². The minimum atomic E-state index is -0.892. The lowest BCUT2D eigenvalue weighted by molar-refractivity contribution is -0.164. The Morgan fingerprint density at radius 3 is 2.26 bits per heavy atom. The Labute approximate surface area is 392 Å². The summed E-state index contributed by atoms with van der Waals surface area (Å²) in [4.78, 5) is 61.4. The van der Waals surface area contributed by atoms with Crippen molar-refractivity contribution < 1.29 is 29.0 Å². The van der Waals surface area contributed by atoms with Crippen LogP contribution in [0.5, 0.6) is 5.75 Å². The fourth-order valence-corrected chi connectivity index (χ4v) is 10.7. The number of hydrogen-bond donors (Lipinski definition) is 4. The zero-order valence-corrected chi connectivity index (χ0v) is 40.5. The van der Waals surface area contributed by atoms with Crippen LogP contribution in [-0.2, 0) is 20.8 Å². The van der Waals surface area contributed by atoms with Gasteiger partial charge in [0.2, 0.25) is 17.7 Å². The standard InChI is InChI=1S/C51H63ClN6O6S/c1-30(33-19-21-34(22-20-33)42-31(2)54-29-65-42)55-45(62)40-25-37(59)28-58(40)46(63)43(49(3,4)5)56-41(60)14-12-10-11-13-32-15-17-35(18-16-32)44(61)57-47-50(6,7)48(51(47,8)9)64-38-24-23-36(27-53)39(52)26-38/h15-24,26,29-30,37,40,43,47-48,59H,10-14,25,28H2,1-9H3,(H,55,62)(H,56,60)(H,57,61)/t30-,37+,40-,43?,47-,48-/m0/s1. The smallest absolute Gasteiger partial charge is 0.251 e. The van der Waals surface area contributed by atoms with E-state index in [-0.39, 0.29) is 72.0 Å². The van der Waals surface area contributed by atoms with Gasteiger partial charge in [0, 0.05) is 47.9 Å². The van der Waals surface area contributed by atoms with Crippen molar-refractivity contribution in [2.45, 2.75) is 137 Å². The minimum Gasteiger partial charge on any atom is -0.489 e. The molecule has 1 saturated heterocycles. The molecule has 0 spiro atoms. The summed E-state index contributed by atoms with van der Waals surface area (Å²) in [5.41, 5.74) is 5.37. The predicted octanol–water partition coefficient (Wildman–Crippen LogP) is 8.73. The summed E-state index contributed by atoms with van der Waals surface area (Å²) >= 11 is 7.82. The van der Waals surface area contributed by atoms with Crippen LogP contribution in [0.25, 0.3) is 10.4 Å². The number of β-amino-alcohol motifs (C(OH)–C–C–N with tert-alkyl or cyclic N) is 1. The summed E-state index contributed by atoms with van der Waals surface area (Å²) in [6.45, 7) is 17.8. The van der Waals surface area contributed by atoms with Crippen molar-refractivity contribution in [1.82, 2.24) is 25.8 Å². The molecule has 1 unspecified atom stereocenters. The molecule has 346 valence electrons. The van der Waals surface area contributed by atoms with E-state index in [2.05, 4.69) is 54.7 Å². The van der Waals surface area contributed by atoms with Crippen LogP contribution in [0, 0.1) is 34.5 Å². The van der Waals surface area contributed by atoms with Crippen molar-refractivity contribution in [2.24, 2.45) is 16.2 Å². The normalized spacial score (nSPS) is 20.7. The topological polar surface area (TPSA) is 174 Å². The molecule has 1 saturated carbocycles. The third-order valence-corrected chi connectivity index (χ3v) is 14.4. The van der Waals surface area contributed by atoms with Gasteiger partial charge in [0.1, 0.15) is 30.0 Å². The molecule has 0 radical (unpaired) electrons. The van der Waals surface area contributed by atoms with E-state index in [1.807, 2.05) is 88.7 Å². The number of rotatable bonds is 16. The summed E-state index contributed by atoms with van der Waals surface area (Å²) in [5, 5.41) is 29.5. The second-order valence-corrected chi connectivity index (χ2v) is 21.2. The van der Waals surface area contributed by atoms with E-state index >= 15 is 0 Å². The first kappa shape index (κ1) is 49.2. The van der Waals surface area contributed by atoms with Crippen molar-refractivity contribution in [1.29, 1.82) is 5.26 Å². The number of nitriles is 1. The lowest BCUT2D eigenvalue weighted by Crippen LogP contribution is -2.74. The Kier molecular flexibility index (Phi) is 15.2. The molecule has 4 amide bonds. The van der Waals surface area contributed by atoms with Gasteiger partial charge in [0.25, 0.3) is 5.91 Å². The van der Waals surface area contributed by atoms with E-state index in [0.29, 0.717) is 28.3 Å². The predicted molar refractivity (Wildman–Crippen MR) is 254 cm³/mol. The van der Waals surface area contributed by atoms with Gasteiger partial charge in [0.05, 0.1) is 38.8 Å². The summed E-state index contributed by atoms with van der Waals surface area (Å²) in [5.74, 6) is -0.559. The lowest BCUT2D eigenvalue weighted by Gasteiger charge is -2.63. The number of aliphatic hydroxyl groups is 1. The molecule has 2 aliphatic rings. The summed E-state index contributed by atoms with van der Waals surface area (Å²) in [6.07, 6.45) is 2.33. The number of aromatic nitrogens is 1. The number of nitrogens with one attached hydrogen (secondary N) is 3. The van der Waals surface area contributed by atoms with E-state index in [1.165, 1.54) is 4.90 Å². The number of nitrogens with zero attached hydrogens (tertiary/aromatic N) is 3. The van der Waals surface area contributed by atoms with Gasteiger partial charge in [-0.25, -0.2) is 4.98 Å². The first-order valence-electron chi connectivity index (χ1n) is 22.5. The number of unbranched alkanes of at least 4 members (excludes halogenated alkanes) is 2. The monoisotopic (exact) mass is 922 g/mol. The highest BCUT2D eigenvalue weighted by Crippen LogP contribution is 2.55. The average molecular weight is 924 g/mol. The second-order valence-electron chi connectivity index (χ2n) is 19.9. The highest BCUT2D eigenvalue weighted by atomic mass is 35.5. The number of aliphatic hydroxyl groups excluding tert-OH is 1. The third kappa shape index (κ3) is 11.2. The Hall–Kier alpha value is -5.29. The molecule has 4 N–H and O–H groups in total. The number of amides is 4. The lowest BCUT2D eigenvalue weighted by atomic mass is 9.49. The fourth-order valence-electron chi connectivity index (χ4n) is 9.67. The first-order chi connectivity index (χ1) is 30.6. The zero-order chi connectivity index (χ0) is 47.4. The van der Waals surface area contributed by atoms with Gasteiger partial charge in [0.15, 0.2) is 0 Å². The summed E-state index contributed by atoms with van der Waals surface area (Å²) in [6, 6.07) is 20.4. The summed E-state index contributed by atoms with van der Waals surface area (Å²) < 4.78 is 6.36. The SMILES string of the molecule is Cc1ncsc1-c1ccc([C@H](C)NC(=O)[C@@H]2C[C@@H](O)CN2C(=O)C(NC(=O)CCCCCc2ccc(C(=O)N[C@H]3C(C)(C)[C@H](Oc4ccc(C#N)c(Cl)c4)C3(C)C)cc2)C(C)(C)C)cc1. The van der Waals surface area contributed by atoms with E-state index in [9.17, 15) is 29.5 Å². The molecular formula is C51H63ClN6O6S. The number of likely N-dealkylation sites (tertiary alicyclic amines) is 1. The molecule has 0 bridgehead atoms. The number of thiazole rings is 1. The quantitative estimate of drug-likeness (QED) is 0.0808. The molecule has 2 heterocycles. The number of hydrogen-bond acceptors (Lipinski definition) is 9. The molecular weight excluding hydrogens is 860 g/mol. The van der Waals surface area contributed by atoms with Crippen LogP contribution >= 0.6 is 22.9 Å². The maximum atomic E-state index is 14.1. The van der Waals surface area contributed by atoms with Crippen LogP contribution < -0.4 is 20.7 Å². The van der Waals surface area contributed by atoms with Crippen LogP contribution in [0.1, 0.15) is 126 Å². The Balaban J connectivity index is 0.946. The number of halogens is 1. The molecule has 2 fully saturated rings. The molecule has 12 nitrogen and oxygen atoms in total. The number of benzene rings is 3. The van der Waals surface area contributed by atoms with Crippen molar-refractivity contribution in [3.8, 4) is 22.3 Å². The number of carbonyl (C=O) groups is 4. The van der Waals surface area contributed by atoms with Gasteiger partial charge in [-0.1, -0.05) is 103 Å². The third-order valence-electron chi connectivity index (χ3n) is 13.1. The molecule has 65 heavy (non-hydrogen) atoms. The van der Waals surface area contributed by atoms with Crippen molar-refractivity contribution in [2.75, 3.05) is 6.54 Å². The molecule has 1 aliphatic heterocycles. The molecule has 14 heteroatoms. The summed E-state index contributed by atoms with van der Waals surface area (Å²) in [7, 11) is 0. The molecule has 3 aromatic carbocycles. The van der Waals surface area contributed by atoms with Gasteiger partial charge in [-0.3, -0.25) is 19.2 Å². The fraction of sp³-hybridized carbons (Fsp3) is 0.490. The van der Waals surface area contributed by atoms with Gasteiger partial charge in [-0.05, 0) is 79.5 Å². The molecule has 4 aromatic rings. The molecule has 6 rings (SSSR count). The molecule has 4 atom stereocenters. The average Bonchev–Trinajstić information content (AvgIpc) is 3.88. The van der Waals surface area contributed by atoms with Crippen LogP contribution in [0.4, 0.5) is 0 Å². The van der Waals surface area contributed by atoms with Crippen molar-refractivity contribution >= 4 is 46.6 Å².